The van der Waals surface area contributed by atoms with E-state index in [2.05, 4.69) is 19.9 Å². The summed E-state index contributed by atoms with van der Waals surface area (Å²) in [6.45, 7) is 4.54. The molecule has 0 N–H and O–H groups in total. The fourth-order valence-electron chi connectivity index (χ4n) is 4.52. The molecule has 2 nitrogen and oxygen atoms in total. The number of benzene rings is 1. The molecule has 0 fully saturated rings. The third-order valence-electron chi connectivity index (χ3n) is 6.37. The van der Waals surface area contributed by atoms with Gasteiger partial charge in [-0.1, -0.05) is 95.1 Å². The molecular formula is C27H42O2. The second kappa shape index (κ2) is 14.4. The first kappa shape index (κ1) is 23.7. The zero-order valence-corrected chi connectivity index (χ0v) is 18.8. The van der Waals surface area contributed by atoms with Gasteiger partial charge < -0.3 is 4.74 Å². The van der Waals surface area contributed by atoms with E-state index < -0.39 is 0 Å². The Labute approximate surface area is 179 Å². The van der Waals surface area contributed by atoms with E-state index >= 15 is 0 Å². The normalized spacial score (nSPS) is 17.6. The molecule has 0 spiro atoms. The number of hydrogen-bond acceptors (Lipinski definition) is 2. The van der Waals surface area contributed by atoms with Gasteiger partial charge in [0.05, 0.1) is 0 Å². The standard InChI is InChI=1S/C27H42O2/c1-3-5-7-10-13-23-17-19-25(20-18-23)24(14-9-6-4-2)21-22-27(28)29-26-15-11-8-12-16-26/h8,11-12,15-16,19,23-24H,3-7,9-10,13-14,17-18,20-22H2,1-2H3. The molecule has 2 heteroatoms. The Bertz CT molecular complexity index is 590. The van der Waals surface area contributed by atoms with Crippen LogP contribution >= 0.6 is 0 Å². The van der Waals surface area contributed by atoms with Gasteiger partial charge in [-0.3, -0.25) is 4.79 Å². The number of ether oxygens (including phenoxy) is 1. The lowest BCUT2D eigenvalue weighted by Crippen LogP contribution is -2.15. The summed E-state index contributed by atoms with van der Waals surface area (Å²) >= 11 is 0. The molecule has 0 radical (unpaired) electrons. The Morgan fingerprint density at radius 2 is 1.76 bits per heavy atom. The Balaban J connectivity index is 1.82. The second-order valence-corrected chi connectivity index (χ2v) is 8.79. The van der Waals surface area contributed by atoms with E-state index in [4.69, 9.17) is 4.74 Å². The molecule has 1 aliphatic carbocycles. The number of hydrogen-bond donors (Lipinski definition) is 0. The van der Waals surface area contributed by atoms with Crippen molar-refractivity contribution in [3.8, 4) is 5.75 Å². The SMILES string of the molecule is CCCCCCC1CC=C(C(CCCCC)CCC(=O)Oc2ccccc2)CC1. The van der Waals surface area contributed by atoms with Crippen molar-refractivity contribution >= 4 is 5.97 Å². The molecule has 0 saturated carbocycles. The molecule has 0 heterocycles. The lowest BCUT2D eigenvalue weighted by atomic mass is 9.78. The zero-order valence-electron chi connectivity index (χ0n) is 18.8. The minimum atomic E-state index is -0.0955. The van der Waals surface area contributed by atoms with Crippen LogP contribution in [0.1, 0.15) is 104 Å². The first-order chi connectivity index (χ1) is 14.2. The number of unbranched alkanes of at least 4 members (excludes halogenated alkanes) is 5. The lowest BCUT2D eigenvalue weighted by molar-refractivity contribution is -0.134. The van der Waals surface area contributed by atoms with Crippen molar-refractivity contribution in [2.75, 3.05) is 0 Å². The maximum Gasteiger partial charge on any atom is 0.311 e. The molecule has 0 aromatic heterocycles. The minimum absolute atomic E-state index is 0.0955. The van der Waals surface area contributed by atoms with Crippen LogP contribution in [-0.4, -0.2) is 5.97 Å². The Hall–Kier alpha value is -1.57. The van der Waals surface area contributed by atoms with Gasteiger partial charge in [0, 0.05) is 6.42 Å². The molecular weight excluding hydrogens is 356 g/mol. The predicted molar refractivity (Wildman–Crippen MR) is 123 cm³/mol. The maximum atomic E-state index is 12.3. The molecule has 29 heavy (non-hydrogen) atoms. The number of carbonyl (C=O) groups is 1. The van der Waals surface area contributed by atoms with Crippen molar-refractivity contribution < 1.29 is 9.53 Å². The predicted octanol–water partition coefficient (Wildman–Crippen LogP) is 8.27. The van der Waals surface area contributed by atoms with Crippen molar-refractivity contribution in [1.82, 2.24) is 0 Å². The third-order valence-corrected chi connectivity index (χ3v) is 6.37. The second-order valence-electron chi connectivity index (χ2n) is 8.79. The summed E-state index contributed by atoms with van der Waals surface area (Å²) in [5, 5.41) is 0. The van der Waals surface area contributed by atoms with E-state index in [1.807, 2.05) is 30.3 Å². The van der Waals surface area contributed by atoms with Crippen LogP contribution in [-0.2, 0) is 4.79 Å². The van der Waals surface area contributed by atoms with Crippen LogP contribution in [0.15, 0.2) is 42.0 Å². The summed E-state index contributed by atoms with van der Waals surface area (Å²) in [7, 11) is 0. The largest absolute Gasteiger partial charge is 0.427 e. The lowest BCUT2D eigenvalue weighted by Gasteiger charge is -2.27. The number of carbonyl (C=O) groups excluding carboxylic acids is 1. The van der Waals surface area contributed by atoms with Crippen LogP contribution in [0.25, 0.3) is 0 Å². The van der Waals surface area contributed by atoms with Crippen molar-refractivity contribution in [2.24, 2.45) is 11.8 Å². The minimum Gasteiger partial charge on any atom is -0.427 e. The van der Waals surface area contributed by atoms with Crippen molar-refractivity contribution in [1.29, 1.82) is 0 Å². The fourth-order valence-corrected chi connectivity index (χ4v) is 4.52. The number of esters is 1. The summed E-state index contributed by atoms with van der Waals surface area (Å²) in [5.41, 5.74) is 1.62. The molecule has 0 bridgehead atoms. The molecule has 1 aromatic carbocycles. The van der Waals surface area contributed by atoms with E-state index in [1.165, 1.54) is 77.0 Å². The highest BCUT2D eigenvalue weighted by molar-refractivity contribution is 5.72. The average molecular weight is 399 g/mol. The molecule has 162 valence electrons. The summed E-state index contributed by atoms with van der Waals surface area (Å²) in [5.74, 6) is 2.01. The first-order valence-corrected chi connectivity index (χ1v) is 12.2. The van der Waals surface area contributed by atoms with Gasteiger partial charge in [-0.25, -0.2) is 0 Å². The monoisotopic (exact) mass is 398 g/mol. The molecule has 1 aliphatic rings. The summed E-state index contributed by atoms with van der Waals surface area (Å²) in [6.07, 6.45) is 19.7. The summed E-state index contributed by atoms with van der Waals surface area (Å²) in [6, 6.07) is 9.44. The van der Waals surface area contributed by atoms with Gasteiger partial charge >= 0.3 is 5.97 Å². The van der Waals surface area contributed by atoms with E-state index in [-0.39, 0.29) is 5.97 Å². The Morgan fingerprint density at radius 1 is 1.00 bits per heavy atom. The van der Waals surface area contributed by atoms with E-state index in [1.54, 1.807) is 5.57 Å². The first-order valence-electron chi connectivity index (χ1n) is 12.2. The summed E-state index contributed by atoms with van der Waals surface area (Å²) < 4.78 is 5.50. The van der Waals surface area contributed by atoms with Crippen molar-refractivity contribution in [3.05, 3.63) is 42.0 Å². The average Bonchev–Trinajstić information content (AvgIpc) is 2.75. The van der Waals surface area contributed by atoms with Crippen LogP contribution in [0.3, 0.4) is 0 Å². The highest BCUT2D eigenvalue weighted by Gasteiger charge is 2.21. The highest BCUT2D eigenvalue weighted by Crippen LogP contribution is 2.35. The molecule has 0 amide bonds. The zero-order chi connectivity index (χ0) is 20.7. The van der Waals surface area contributed by atoms with Crippen molar-refractivity contribution in [2.45, 2.75) is 104 Å². The topological polar surface area (TPSA) is 26.3 Å². The molecule has 2 atom stereocenters. The van der Waals surface area contributed by atoms with Crippen LogP contribution < -0.4 is 4.74 Å². The Kier molecular flexibility index (Phi) is 11.8. The fraction of sp³-hybridized carbons (Fsp3) is 0.667. The third kappa shape index (κ3) is 9.65. The summed E-state index contributed by atoms with van der Waals surface area (Å²) in [4.78, 5) is 12.3. The van der Waals surface area contributed by atoms with Gasteiger partial charge in [0.25, 0.3) is 0 Å². The van der Waals surface area contributed by atoms with Crippen LogP contribution in [0.5, 0.6) is 5.75 Å². The van der Waals surface area contributed by atoms with Gasteiger partial charge in [-0.15, -0.1) is 0 Å². The van der Waals surface area contributed by atoms with Gasteiger partial charge in [-0.05, 0) is 56.1 Å². The molecule has 1 aromatic rings. The van der Waals surface area contributed by atoms with Gasteiger partial charge in [0.2, 0.25) is 0 Å². The van der Waals surface area contributed by atoms with E-state index in [0.717, 1.165) is 12.3 Å². The van der Waals surface area contributed by atoms with Gasteiger partial charge in [0.1, 0.15) is 5.75 Å². The van der Waals surface area contributed by atoms with Crippen molar-refractivity contribution in [3.63, 3.8) is 0 Å². The number of para-hydroxylation sites is 1. The van der Waals surface area contributed by atoms with Crippen LogP contribution in [0.2, 0.25) is 0 Å². The number of rotatable bonds is 14. The van der Waals surface area contributed by atoms with E-state index in [9.17, 15) is 4.79 Å². The van der Waals surface area contributed by atoms with Crippen LogP contribution in [0.4, 0.5) is 0 Å². The molecule has 2 unspecified atom stereocenters. The van der Waals surface area contributed by atoms with Gasteiger partial charge in [0.15, 0.2) is 0 Å². The number of allylic oxidation sites excluding steroid dienone is 2. The maximum absolute atomic E-state index is 12.3. The molecule has 0 saturated heterocycles. The molecule has 2 rings (SSSR count). The van der Waals surface area contributed by atoms with Gasteiger partial charge in [-0.2, -0.15) is 0 Å². The highest BCUT2D eigenvalue weighted by atomic mass is 16.5. The smallest absolute Gasteiger partial charge is 0.311 e. The van der Waals surface area contributed by atoms with E-state index in [0.29, 0.717) is 18.1 Å². The van der Waals surface area contributed by atoms with Crippen LogP contribution in [0, 0.1) is 11.8 Å². The quantitative estimate of drug-likeness (QED) is 0.136. The molecule has 0 aliphatic heterocycles. The Morgan fingerprint density at radius 3 is 2.45 bits per heavy atom.